The number of hydrogen-bond acceptors (Lipinski definition) is 2. The van der Waals surface area contributed by atoms with Gasteiger partial charge in [0, 0.05) is 0 Å². The molecule has 0 aromatic heterocycles. The van der Waals surface area contributed by atoms with E-state index in [1.54, 1.807) is 12.2 Å². The Hall–Kier alpha value is -4.30. The second kappa shape index (κ2) is 8.68. The molecule has 0 bridgehead atoms. The van der Waals surface area contributed by atoms with Gasteiger partial charge in [-0.2, -0.15) is 0 Å². The first-order valence-corrected chi connectivity index (χ1v) is 11.0. The molecule has 0 heterocycles. The zero-order valence-electron chi connectivity index (χ0n) is 18.5. The Morgan fingerprint density at radius 2 is 1.24 bits per heavy atom. The predicted octanol–water partition coefficient (Wildman–Crippen LogP) is 5.79. The van der Waals surface area contributed by atoms with E-state index in [-0.39, 0.29) is 11.4 Å². The number of fused-ring (bicyclic) bond motifs is 1. The maximum Gasteiger partial charge on any atom is 0.0795 e. The summed E-state index contributed by atoms with van der Waals surface area (Å²) in [5.41, 5.74) is 6.06. The van der Waals surface area contributed by atoms with Gasteiger partial charge < -0.3 is 0 Å². The summed E-state index contributed by atoms with van der Waals surface area (Å²) in [5, 5.41) is 20.7. The minimum absolute atomic E-state index is 0.242. The maximum absolute atomic E-state index is 8.09. The van der Waals surface area contributed by atoms with Crippen molar-refractivity contribution in [1.82, 2.24) is 0 Å². The first-order chi connectivity index (χ1) is 16.1. The van der Waals surface area contributed by atoms with E-state index in [9.17, 15) is 0 Å². The standard InChI is InChI=1S/C31H24N2/c1-21(24-17-18-29(32)30(33)20-24)27-13-7-8-14-28(27)31(23-10-3-2-4-11-23)26-16-15-22-9-5-6-12-25(22)19-26/h2-20,32-33H,1H3/b27-21+,31-28+,32-29?,33-30?. The predicted molar refractivity (Wildman–Crippen MR) is 139 cm³/mol. The zero-order chi connectivity index (χ0) is 22.8. The highest BCUT2D eigenvalue weighted by Crippen LogP contribution is 2.25. The highest BCUT2D eigenvalue weighted by molar-refractivity contribution is 6.49. The van der Waals surface area contributed by atoms with Gasteiger partial charge in [-0.05, 0) is 74.2 Å². The molecular formula is C31H24N2. The summed E-state index contributed by atoms with van der Waals surface area (Å²) in [6.45, 7) is 2.10. The van der Waals surface area contributed by atoms with E-state index in [2.05, 4.69) is 97.9 Å². The van der Waals surface area contributed by atoms with Crippen molar-refractivity contribution < 1.29 is 0 Å². The normalized spacial score (nSPS) is 15.4. The van der Waals surface area contributed by atoms with Crippen LogP contribution in [-0.2, 0) is 0 Å². The Kier molecular flexibility index (Phi) is 5.42. The molecule has 0 fully saturated rings. The van der Waals surface area contributed by atoms with E-state index in [1.165, 1.54) is 21.9 Å². The van der Waals surface area contributed by atoms with Gasteiger partial charge >= 0.3 is 0 Å². The monoisotopic (exact) mass is 424 g/mol. The lowest BCUT2D eigenvalue weighted by atomic mass is 9.91. The zero-order valence-corrected chi connectivity index (χ0v) is 18.5. The van der Waals surface area contributed by atoms with Gasteiger partial charge in [-0.1, -0.05) is 97.1 Å². The average Bonchev–Trinajstić information content (AvgIpc) is 2.86. The van der Waals surface area contributed by atoms with Crippen molar-refractivity contribution in [3.63, 3.8) is 0 Å². The molecule has 0 saturated carbocycles. The van der Waals surface area contributed by atoms with Crippen molar-refractivity contribution in [1.29, 1.82) is 10.8 Å². The van der Waals surface area contributed by atoms with Crippen molar-refractivity contribution in [2.45, 2.75) is 6.92 Å². The maximum atomic E-state index is 8.09. The summed E-state index contributed by atoms with van der Waals surface area (Å²) in [7, 11) is 0. The van der Waals surface area contributed by atoms with Crippen LogP contribution in [0.15, 0.2) is 121 Å². The van der Waals surface area contributed by atoms with Crippen LogP contribution in [0.25, 0.3) is 21.9 Å². The van der Waals surface area contributed by atoms with Gasteiger partial charge in [0.2, 0.25) is 0 Å². The molecule has 5 rings (SSSR count). The van der Waals surface area contributed by atoms with Gasteiger partial charge in [0.25, 0.3) is 0 Å². The largest absolute Gasteiger partial charge is 0.299 e. The third kappa shape index (κ3) is 3.99. The highest BCUT2D eigenvalue weighted by Gasteiger charge is 2.11. The lowest BCUT2D eigenvalue weighted by Crippen LogP contribution is -2.30. The molecule has 0 atom stereocenters. The number of allylic oxidation sites excluding steroid dienone is 4. The van der Waals surface area contributed by atoms with Crippen molar-refractivity contribution in [3.05, 3.63) is 142 Å². The van der Waals surface area contributed by atoms with Crippen LogP contribution in [0.2, 0.25) is 0 Å². The fourth-order valence-electron chi connectivity index (χ4n) is 4.39. The Balaban J connectivity index is 1.88. The Morgan fingerprint density at radius 1 is 0.576 bits per heavy atom. The minimum Gasteiger partial charge on any atom is -0.299 e. The summed E-state index contributed by atoms with van der Waals surface area (Å²) in [6.07, 6.45) is 5.42. The Labute approximate surface area is 193 Å². The van der Waals surface area contributed by atoms with Crippen LogP contribution in [0.5, 0.6) is 0 Å². The molecule has 1 aliphatic rings. The highest BCUT2D eigenvalue weighted by atomic mass is 14.5. The first-order valence-electron chi connectivity index (χ1n) is 11.0. The van der Waals surface area contributed by atoms with E-state index >= 15 is 0 Å². The van der Waals surface area contributed by atoms with Crippen LogP contribution in [0, 0.1) is 10.8 Å². The Bertz CT molecular complexity index is 1590. The summed E-state index contributed by atoms with van der Waals surface area (Å²) in [6, 6.07) is 34.1. The first kappa shape index (κ1) is 20.6. The van der Waals surface area contributed by atoms with Gasteiger partial charge in [-0.25, -0.2) is 0 Å². The van der Waals surface area contributed by atoms with E-state index in [0.29, 0.717) is 0 Å². The molecule has 0 spiro atoms. The lowest BCUT2D eigenvalue weighted by molar-refractivity contribution is 1.40. The van der Waals surface area contributed by atoms with Crippen molar-refractivity contribution in [2.24, 2.45) is 0 Å². The van der Waals surface area contributed by atoms with E-state index in [0.717, 1.165) is 27.1 Å². The van der Waals surface area contributed by atoms with Crippen LogP contribution in [0.1, 0.15) is 18.1 Å². The summed E-state index contributed by atoms with van der Waals surface area (Å²) in [5.74, 6) is 0. The number of rotatable bonds is 3. The third-order valence-electron chi connectivity index (χ3n) is 6.15. The number of nitrogens with one attached hydrogen (secondary N) is 2. The van der Waals surface area contributed by atoms with E-state index < -0.39 is 0 Å². The smallest absolute Gasteiger partial charge is 0.0795 e. The quantitative estimate of drug-likeness (QED) is 0.391. The molecule has 0 radical (unpaired) electrons. The summed E-state index contributed by atoms with van der Waals surface area (Å²) < 4.78 is 0. The molecule has 4 aromatic rings. The molecule has 0 amide bonds. The molecule has 158 valence electrons. The van der Waals surface area contributed by atoms with Crippen LogP contribution >= 0.6 is 0 Å². The van der Waals surface area contributed by atoms with Gasteiger partial charge in [-0.3, -0.25) is 10.8 Å². The molecule has 2 N–H and O–H groups in total. The van der Waals surface area contributed by atoms with Gasteiger partial charge in [0.15, 0.2) is 0 Å². The average molecular weight is 425 g/mol. The van der Waals surface area contributed by atoms with E-state index in [4.69, 9.17) is 10.8 Å². The lowest BCUT2D eigenvalue weighted by Gasteiger charge is -2.13. The van der Waals surface area contributed by atoms with Crippen LogP contribution in [0.3, 0.4) is 0 Å². The molecule has 1 aliphatic carbocycles. The van der Waals surface area contributed by atoms with Gasteiger partial charge in [-0.15, -0.1) is 0 Å². The summed E-state index contributed by atoms with van der Waals surface area (Å²) >= 11 is 0. The molecule has 4 aromatic carbocycles. The SMILES string of the molecule is C/C(C1=CC(=N)C(=N)C=C1)=c1/cccc/c1=C(/c1ccccc1)c1ccc2ccccc2c1. The van der Waals surface area contributed by atoms with Crippen LogP contribution in [0.4, 0.5) is 0 Å². The van der Waals surface area contributed by atoms with Gasteiger partial charge in [0.05, 0.1) is 11.4 Å². The fourth-order valence-corrected chi connectivity index (χ4v) is 4.39. The van der Waals surface area contributed by atoms with Crippen molar-refractivity contribution in [3.8, 4) is 0 Å². The fraction of sp³-hybridized carbons (Fsp3) is 0.0323. The molecule has 0 unspecified atom stereocenters. The number of hydrogen-bond donors (Lipinski definition) is 2. The molecule has 0 saturated heterocycles. The van der Waals surface area contributed by atoms with E-state index in [1.807, 2.05) is 12.1 Å². The molecule has 0 aliphatic heterocycles. The van der Waals surface area contributed by atoms with Crippen molar-refractivity contribution in [2.75, 3.05) is 0 Å². The topological polar surface area (TPSA) is 47.7 Å². The minimum atomic E-state index is 0.242. The molecule has 2 heteroatoms. The Morgan fingerprint density at radius 3 is 2.00 bits per heavy atom. The molecule has 33 heavy (non-hydrogen) atoms. The van der Waals surface area contributed by atoms with Crippen LogP contribution < -0.4 is 10.4 Å². The third-order valence-corrected chi connectivity index (χ3v) is 6.15. The second-order valence-electron chi connectivity index (χ2n) is 8.23. The van der Waals surface area contributed by atoms with Gasteiger partial charge in [0.1, 0.15) is 0 Å². The van der Waals surface area contributed by atoms with Crippen molar-refractivity contribution >= 4 is 33.3 Å². The molecule has 2 nitrogen and oxygen atoms in total. The molecular weight excluding hydrogens is 400 g/mol. The summed E-state index contributed by atoms with van der Waals surface area (Å²) in [4.78, 5) is 0. The number of benzene rings is 4. The van der Waals surface area contributed by atoms with Crippen LogP contribution in [-0.4, -0.2) is 11.4 Å². The second-order valence-corrected chi connectivity index (χ2v) is 8.23.